The molecule has 0 amide bonds. The number of phenolic OH excluding ortho intramolecular Hbond substituents is 1. The number of phenols is 1. The van der Waals surface area contributed by atoms with Crippen molar-refractivity contribution >= 4 is 27.5 Å². The van der Waals surface area contributed by atoms with E-state index in [-0.39, 0.29) is 57.7 Å². The second-order valence-electron chi connectivity index (χ2n) is 14.3. The largest absolute Gasteiger partial charge is 0.508 e. The second-order valence-corrected chi connectivity index (χ2v) is 14.3. The van der Waals surface area contributed by atoms with Gasteiger partial charge in [0.1, 0.15) is 41.4 Å². The van der Waals surface area contributed by atoms with Gasteiger partial charge in [-0.15, -0.1) is 6.42 Å². The summed E-state index contributed by atoms with van der Waals surface area (Å²) in [6.07, 6.45) is 10.5. The number of hydrogen-bond donors (Lipinski definition) is 2. The third-order valence-corrected chi connectivity index (χ3v) is 10.7. The highest BCUT2D eigenvalue weighted by Gasteiger charge is 2.50. The molecule has 2 bridgehead atoms. The van der Waals surface area contributed by atoms with E-state index in [0.717, 1.165) is 38.8 Å². The predicted octanol–water partition coefficient (Wildman–Crippen LogP) is 4.64. The molecule has 0 aliphatic carbocycles. The van der Waals surface area contributed by atoms with Crippen LogP contribution < -0.4 is 15.0 Å². The Morgan fingerprint density at radius 2 is 2.04 bits per heavy atom. The summed E-state index contributed by atoms with van der Waals surface area (Å²) in [6, 6.07) is 5.72. The Balaban J connectivity index is 1.27. The van der Waals surface area contributed by atoms with Gasteiger partial charge in [0.25, 0.3) is 0 Å². The smallest absolute Gasteiger partial charge is 0.319 e. The summed E-state index contributed by atoms with van der Waals surface area (Å²) in [5.41, 5.74) is -0.678. The van der Waals surface area contributed by atoms with Gasteiger partial charge < -0.3 is 25.0 Å². The van der Waals surface area contributed by atoms with Crippen molar-refractivity contribution in [2.24, 2.45) is 0 Å². The van der Waals surface area contributed by atoms with Gasteiger partial charge in [-0.25, -0.2) is 13.2 Å². The second kappa shape index (κ2) is 11.5. The van der Waals surface area contributed by atoms with Crippen LogP contribution in [-0.2, 0) is 0 Å². The van der Waals surface area contributed by atoms with E-state index in [1.54, 1.807) is 0 Å². The van der Waals surface area contributed by atoms with Crippen LogP contribution in [0, 0.1) is 24.0 Å². The Labute approximate surface area is 277 Å². The third-order valence-electron chi connectivity index (χ3n) is 10.7. The first-order valence-electron chi connectivity index (χ1n) is 16.5. The van der Waals surface area contributed by atoms with Crippen LogP contribution in [0.15, 0.2) is 30.5 Å². The molecule has 4 aromatic rings. The average Bonchev–Trinajstić information content (AvgIpc) is 3.67. The number of likely N-dealkylation sites (N-methyl/N-ethyl adjacent to an activating group) is 1. The van der Waals surface area contributed by atoms with Crippen LogP contribution in [0.4, 0.5) is 19.0 Å². The number of rotatable bonds is 7. The average molecular weight is 658 g/mol. The van der Waals surface area contributed by atoms with Crippen molar-refractivity contribution in [1.29, 1.82) is 0 Å². The van der Waals surface area contributed by atoms with Gasteiger partial charge in [-0.2, -0.15) is 9.97 Å². The topological polar surface area (TPSA) is 89.9 Å². The number of pyridine rings is 1. The number of terminal acetylenes is 1. The quantitative estimate of drug-likeness (QED) is 0.276. The summed E-state index contributed by atoms with van der Waals surface area (Å²) in [5, 5.41) is 15.5. The van der Waals surface area contributed by atoms with E-state index in [4.69, 9.17) is 16.1 Å². The van der Waals surface area contributed by atoms with Crippen LogP contribution in [0.25, 0.3) is 32.9 Å². The van der Waals surface area contributed by atoms with Gasteiger partial charge in [0.05, 0.1) is 16.5 Å². The molecule has 2 N–H and O–H groups in total. The fourth-order valence-electron chi connectivity index (χ4n) is 8.84. The Morgan fingerprint density at radius 1 is 1.19 bits per heavy atom. The first kappa shape index (κ1) is 31.1. The Kier molecular flexibility index (Phi) is 7.43. The molecule has 4 aliphatic heterocycles. The first-order chi connectivity index (χ1) is 23.1. The summed E-state index contributed by atoms with van der Waals surface area (Å²) in [7, 11) is 4.10. The summed E-state index contributed by atoms with van der Waals surface area (Å²) < 4.78 is 52.7. The number of halogens is 3. The molecule has 0 spiro atoms. The molecule has 4 aliphatic rings. The number of anilines is 1. The molecule has 2 aromatic carbocycles. The SMILES string of the molecule is C#Cc1c(F)ccc2cc(O)cc(-c3ncc4c(N5CC6CCC(CN(C)C)(C5)N6)nc(OC[C@@]56CCCN5C[C@H](F)C6)nc4c3F)c12. The maximum atomic E-state index is 17.0. The number of aromatic hydroxyl groups is 1. The van der Waals surface area contributed by atoms with Gasteiger partial charge in [0, 0.05) is 61.3 Å². The molecule has 8 rings (SSSR count). The monoisotopic (exact) mass is 657 g/mol. The van der Waals surface area contributed by atoms with Crippen molar-refractivity contribution in [1.82, 2.24) is 30.1 Å². The maximum Gasteiger partial charge on any atom is 0.319 e. The molecule has 2 aromatic heterocycles. The molecule has 2 unspecified atom stereocenters. The lowest BCUT2D eigenvalue weighted by Crippen LogP contribution is -2.63. The summed E-state index contributed by atoms with van der Waals surface area (Å²) in [4.78, 5) is 20.5. The van der Waals surface area contributed by atoms with Crippen molar-refractivity contribution in [2.45, 2.75) is 55.4 Å². The molecule has 250 valence electrons. The van der Waals surface area contributed by atoms with Crippen molar-refractivity contribution in [2.75, 3.05) is 58.3 Å². The fourth-order valence-corrected chi connectivity index (χ4v) is 8.84. The number of hydrogen-bond acceptors (Lipinski definition) is 9. The van der Waals surface area contributed by atoms with E-state index >= 15 is 4.39 Å². The summed E-state index contributed by atoms with van der Waals surface area (Å²) in [6.45, 7) is 3.50. The number of piperazine rings is 1. The van der Waals surface area contributed by atoms with E-state index in [1.165, 1.54) is 30.5 Å². The van der Waals surface area contributed by atoms with E-state index < -0.39 is 23.3 Å². The van der Waals surface area contributed by atoms with Gasteiger partial charge in [0.2, 0.25) is 0 Å². The number of alkyl halides is 1. The van der Waals surface area contributed by atoms with Crippen LogP contribution in [0.1, 0.15) is 37.7 Å². The lowest BCUT2D eigenvalue weighted by molar-refractivity contribution is 0.107. The summed E-state index contributed by atoms with van der Waals surface area (Å²) in [5.74, 6) is 1.34. The van der Waals surface area contributed by atoms with Gasteiger partial charge >= 0.3 is 6.01 Å². The highest BCUT2D eigenvalue weighted by Crippen LogP contribution is 2.42. The molecular formula is C36H38F3N7O2. The summed E-state index contributed by atoms with van der Waals surface area (Å²) >= 11 is 0. The minimum Gasteiger partial charge on any atom is -0.508 e. The van der Waals surface area contributed by atoms with Gasteiger partial charge in [0.15, 0.2) is 5.82 Å². The Hall–Kier alpha value is -4.18. The van der Waals surface area contributed by atoms with E-state index in [9.17, 15) is 13.9 Å². The molecule has 0 saturated carbocycles. The number of ether oxygens (including phenoxy) is 1. The van der Waals surface area contributed by atoms with E-state index in [1.807, 2.05) is 0 Å². The highest BCUT2D eigenvalue weighted by atomic mass is 19.1. The third kappa shape index (κ3) is 5.11. The van der Waals surface area contributed by atoms with Crippen LogP contribution in [0.5, 0.6) is 11.8 Å². The minimum absolute atomic E-state index is 0.000692. The maximum absolute atomic E-state index is 17.0. The Bertz CT molecular complexity index is 1990. The molecule has 6 heterocycles. The number of nitrogens with zero attached hydrogens (tertiary/aromatic N) is 6. The number of benzene rings is 2. The van der Waals surface area contributed by atoms with Gasteiger partial charge in [-0.3, -0.25) is 9.88 Å². The number of nitrogens with one attached hydrogen (secondary N) is 1. The zero-order valence-corrected chi connectivity index (χ0v) is 27.1. The van der Waals surface area contributed by atoms with Crippen molar-refractivity contribution in [3.05, 3.63) is 47.7 Å². The standard InChI is InChI=1S/C36H38F3N7O2/c1-4-25-28(38)7-6-21-12-24(47)13-26(29(21)25)31-30(39)32-27(15-40-31)33(45-17-23-8-10-35(19-45,43-23)18-44(2)3)42-34(41-32)48-20-36-9-5-11-46(36)16-22(37)14-36/h1,6-7,12-13,15,22-23,43,47H,5,8-11,14,16-20H2,2-3H3/t22-,23?,35?,36+/m1/s1. The minimum atomic E-state index is -0.924. The highest BCUT2D eigenvalue weighted by molar-refractivity contribution is 6.03. The number of aromatic nitrogens is 3. The fraction of sp³-hybridized carbons (Fsp3) is 0.472. The zero-order chi connectivity index (χ0) is 33.4. The number of fused-ring (bicyclic) bond motifs is 5. The van der Waals surface area contributed by atoms with Gasteiger partial charge in [-0.1, -0.05) is 12.0 Å². The Morgan fingerprint density at radius 3 is 2.85 bits per heavy atom. The van der Waals surface area contributed by atoms with E-state index in [0.29, 0.717) is 42.6 Å². The lowest BCUT2D eigenvalue weighted by Gasteiger charge is -2.43. The van der Waals surface area contributed by atoms with Crippen molar-refractivity contribution in [3.8, 4) is 35.4 Å². The van der Waals surface area contributed by atoms with Crippen LogP contribution in [0.2, 0.25) is 0 Å². The molecule has 48 heavy (non-hydrogen) atoms. The van der Waals surface area contributed by atoms with Crippen LogP contribution >= 0.6 is 0 Å². The lowest BCUT2D eigenvalue weighted by atomic mass is 9.95. The molecule has 12 heteroatoms. The van der Waals surface area contributed by atoms with Gasteiger partial charge in [-0.05, 0) is 69.9 Å². The predicted molar refractivity (Wildman–Crippen MR) is 178 cm³/mol. The van der Waals surface area contributed by atoms with Crippen molar-refractivity contribution in [3.63, 3.8) is 0 Å². The molecule has 0 radical (unpaired) electrons. The first-order valence-corrected chi connectivity index (χ1v) is 16.5. The molecule has 4 atom stereocenters. The zero-order valence-electron chi connectivity index (χ0n) is 27.1. The molecule has 4 fully saturated rings. The van der Waals surface area contributed by atoms with Crippen LogP contribution in [-0.4, -0.2) is 107 Å². The van der Waals surface area contributed by atoms with E-state index in [2.05, 4.69) is 50.0 Å². The van der Waals surface area contributed by atoms with Crippen LogP contribution in [0.3, 0.4) is 0 Å². The molecular weight excluding hydrogens is 619 g/mol. The normalized spacial score (nSPS) is 26.9. The molecule has 4 saturated heterocycles. The van der Waals surface area contributed by atoms with Crippen molar-refractivity contribution < 1.29 is 23.0 Å². The molecule has 9 nitrogen and oxygen atoms in total.